The highest BCUT2D eigenvalue weighted by atomic mass is 16.6. The fourth-order valence-electron chi connectivity index (χ4n) is 7.13. The maximum Gasteiger partial charge on any atom is 0.312 e. The SMILES string of the molecule is C=CCCCOC(=O)[C@H]1[C@H]2C(=O)N(CCCO)C(C(=O)N(CC=C)c3c(C)cccc3C)C23CC[C@]1(CC)O3. The summed E-state index contributed by atoms with van der Waals surface area (Å²) in [6.07, 6.45) is 6.76. The van der Waals surface area contributed by atoms with Crippen LogP contribution in [0, 0.1) is 25.7 Å². The molecule has 2 unspecified atom stereocenters. The number of amides is 2. The molecule has 1 aromatic rings. The van der Waals surface area contributed by atoms with Gasteiger partial charge in [-0.2, -0.15) is 0 Å². The Morgan fingerprint density at radius 2 is 1.92 bits per heavy atom. The van der Waals surface area contributed by atoms with Crippen molar-refractivity contribution in [2.24, 2.45) is 11.8 Å². The molecule has 0 aliphatic carbocycles. The van der Waals surface area contributed by atoms with Gasteiger partial charge < -0.3 is 24.4 Å². The van der Waals surface area contributed by atoms with Gasteiger partial charge in [0.25, 0.3) is 5.91 Å². The number of likely N-dealkylation sites (tertiary alicyclic amines) is 1. The first-order valence-corrected chi connectivity index (χ1v) is 14.1. The van der Waals surface area contributed by atoms with Crippen LogP contribution in [0.3, 0.4) is 0 Å². The first-order valence-electron chi connectivity index (χ1n) is 14.1. The van der Waals surface area contributed by atoms with Crippen molar-refractivity contribution in [3.05, 3.63) is 54.6 Å². The Balaban J connectivity index is 1.78. The van der Waals surface area contributed by atoms with Crippen LogP contribution in [0.15, 0.2) is 43.5 Å². The van der Waals surface area contributed by atoms with Crippen molar-refractivity contribution >= 4 is 23.5 Å². The molecule has 1 N–H and O–H groups in total. The molecule has 2 bridgehead atoms. The van der Waals surface area contributed by atoms with Crippen LogP contribution < -0.4 is 4.90 Å². The van der Waals surface area contributed by atoms with Crippen molar-refractivity contribution in [2.75, 3.05) is 31.2 Å². The lowest BCUT2D eigenvalue weighted by Crippen LogP contribution is -2.56. The van der Waals surface area contributed by atoms with Crippen LogP contribution in [-0.4, -0.2) is 71.3 Å². The summed E-state index contributed by atoms with van der Waals surface area (Å²) in [6.45, 7) is 14.0. The predicted molar refractivity (Wildman–Crippen MR) is 149 cm³/mol. The molecule has 5 atom stereocenters. The van der Waals surface area contributed by atoms with Gasteiger partial charge in [0.15, 0.2) is 0 Å². The average Bonchev–Trinajstić information content (AvgIpc) is 3.52. The topological polar surface area (TPSA) is 96.4 Å². The first kappa shape index (κ1) is 29.0. The van der Waals surface area contributed by atoms with Gasteiger partial charge >= 0.3 is 5.97 Å². The Kier molecular flexibility index (Phi) is 8.66. The lowest BCUT2D eigenvalue weighted by molar-refractivity contribution is -0.161. The molecule has 8 heteroatoms. The molecular weight excluding hydrogens is 496 g/mol. The third kappa shape index (κ3) is 4.72. The minimum atomic E-state index is -1.14. The number of hydrogen-bond donors (Lipinski definition) is 1. The van der Waals surface area contributed by atoms with Crippen LogP contribution in [0.2, 0.25) is 0 Å². The largest absolute Gasteiger partial charge is 0.465 e. The average molecular weight is 539 g/mol. The molecular formula is C31H42N2O6. The molecule has 4 rings (SSSR count). The summed E-state index contributed by atoms with van der Waals surface area (Å²) in [4.78, 5) is 45.5. The molecule has 1 spiro atoms. The zero-order valence-corrected chi connectivity index (χ0v) is 23.5. The van der Waals surface area contributed by atoms with E-state index in [1.54, 1.807) is 22.0 Å². The van der Waals surface area contributed by atoms with Crippen molar-refractivity contribution in [1.29, 1.82) is 0 Å². The van der Waals surface area contributed by atoms with Gasteiger partial charge in [-0.3, -0.25) is 14.4 Å². The van der Waals surface area contributed by atoms with Crippen LogP contribution in [0.1, 0.15) is 56.6 Å². The fourth-order valence-corrected chi connectivity index (χ4v) is 7.13. The number of aryl methyl sites for hydroxylation is 2. The number of benzene rings is 1. The Bertz CT molecular complexity index is 1110. The second-order valence-electron chi connectivity index (χ2n) is 11.0. The highest BCUT2D eigenvalue weighted by Gasteiger charge is 2.79. The molecule has 3 aliphatic heterocycles. The second-order valence-corrected chi connectivity index (χ2v) is 11.0. The quantitative estimate of drug-likeness (QED) is 0.233. The normalized spacial score (nSPS) is 28.9. The number of hydrogen-bond acceptors (Lipinski definition) is 6. The number of aliphatic hydroxyl groups excluding tert-OH is 1. The van der Waals surface area contributed by atoms with Crippen LogP contribution >= 0.6 is 0 Å². The number of carbonyl (C=O) groups is 3. The van der Waals surface area contributed by atoms with E-state index in [2.05, 4.69) is 13.2 Å². The molecule has 0 radical (unpaired) electrons. The highest BCUT2D eigenvalue weighted by molar-refractivity contribution is 6.05. The number of fused-ring (bicyclic) bond motifs is 1. The minimum Gasteiger partial charge on any atom is -0.465 e. The molecule has 3 aliphatic rings. The minimum absolute atomic E-state index is 0.121. The third-order valence-electron chi connectivity index (χ3n) is 8.81. The number of rotatable bonds is 13. The van der Waals surface area contributed by atoms with E-state index in [-0.39, 0.29) is 38.1 Å². The number of carbonyl (C=O) groups excluding carboxylic acids is 3. The Labute approximate surface area is 231 Å². The van der Waals surface area contributed by atoms with E-state index in [1.165, 1.54) is 0 Å². The van der Waals surface area contributed by atoms with E-state index in [4.69, 9.17) is 9.47 Å². The number of para-hydroxylation sites is 1. The van der Waals surface area contributed by atoms with Crippen LogP contribution in [-0.2, 0) is 23.9 Å². The van der Waals surface area contributed by atoms with E-state index in [9.17, 15) is 19.5 Å². The Hall–Kier alpha value is -2.97. The van der Waals surface area contributed by atoms with Crippen molar-refractivity contribution in [1.82, 2.24) is 4.90 Å². The van der Waals surface area contributed by atoms with Crippen LogP contribution in [0.25, 0.3) is 0 Å². The lowest BCUT2D eigenvalue weighted by Gasteiger charge is -2.37. The van der Waals surface area contributed by atoms with Gasteiger partial charge in [0.1, 0.15) is 17.6 Å². The standard InChI is InChI=1S/C31H42N2O6/c1-6-9-10-20-38-29(37)24-23-27(35)33(18-12-19-34)26(31(23)16-15-30(24,8-3)39-31)28(36)32(17-7-2)25-21(4)13-11-14-22(25)5/h6-7,11,13-14,23-24,26,34H,1-2,8-10,12,15-20H2,3-5H3/t23-,24+,26?,30-,31?/m0/s1. The van der Waals surface area contributed by atoms with E-state index < -0.39 is 35.0 Å². The number of ether oxygens (including phenoxy) is 2. The van der Waals surface area contributed by atoms with Crippen LogP contribution in [0.5, 0.6) is 0 Å². The summed E-state index contributed by atoms with van der Waals surface area (Å²) in [7, 11) is 0. The van der Waals surface area contributed by atoms with Gasteiger partial charge in [-0.25, -0.2) is 0 Å². The number of unbranched alkanes of at least 4 members (excludes halogenated alkanes) is 1. The number of allylic oxidation sites excluding steroid dienone is 1. The maximum absolute atomic E-state index is 14.6. The van der Waals surface area contributed by atoms with Gasteiger partial charge in [-0.05, 0) is 63.5 Å². The lowest BCUT2D eigenvalue weighted by atomic mass is 9.65. The van der Waals surface area contributed by atoms with Gasteiger partial charge in [-0.1, -0.05) is 37.3 Å². The fraction of sp³-hybridized carbons (Fsp3) is 0.581. The number of aliphatic hydroxyl groups is 1. The molecule has 0 aromatic heterocycles. The predicted octanol–water partition coefficient (Wildman–Crippen LogP) is 3.87. The monoisotopic (exact) mass is 538 g/mol. The van der Waals surface area contributed by atoms with Gasteiger partial charge in [0.2, 0.25) is 5.91 Å². The van der Waals surface area contributed by atoms with Crippen molar-refractivity contribution in [2.45, 2.75) is 76.5 Å². The number of nitrogens with zero attached hydrogens (tertiary/aromatic N) is 2. The molecule has 39 heavy (non-hydrogen) atoms. The summed E-state index contributed by atoms with van der Waals surface area (Å²) >= 11 is 0. The highest BCUT2D eigenvalue weighted by Crippen LogP contribution is 2.64. The molecule has 1 aromatic carbocycles. The van der Waals surface area contributed by atoms with Gasteiger partial charge in [0.05, 0.1) is 18.1 Å². The second kappa shape index (κ2) is 11.6. The number of esters is 1. The molecule has 0 saturated carbocycles. The van der Waals surface area contributed by atoms with Crippen molar-refractivity contribution < 1.29 is 29.0 Å². The summed E-state index contributed by atoms with van der Waals surface area (Å²) in [5.41, 5.74) is 0.675. The molecule has 212 valence electrons. The first-order chi connectivity index (χ1) is 18.7. The summed E-state index contributed by atoms with van der Waals surface area (Å²) in [5.74, 6) is -2.56. The van der Waals surface area contributed by atoms with Crippen molar-refractivity contribution in [3.8, 4) is 0 Å². The van der Waals surface area contributed by atoms with Gasteiger partial charge in [0, 0.05) is 25.4 Å². The summed E-state index contributed by atoms with van der Waals surface area (Å²) < 4.78 is 12.5. The van der Waals surface area contributed by atoms with E-state index in [0.717, 1.165) is 23.2 Å². The van der Waals surface area contributed by atoms with E-state index in [1.807, 2.05) is 39.0 Å². The summed E-state index contributed by atoms with van der Waals surface area (Å²) in [5, 5.41) is 9.62. The van der Waals surface area contributed by atoms with Crippen molar-refractivity contribution in [3.63, 3.8) is 0 Å². The zero-order chi connectivity index (χ0) is 28.4. The molecule has 2 amide bonds. The third-order valence-corrected chi connectivity index (χ3v) is 8.81. The van der Waals surface area contributed by atoms with Crippen LogP contribution in [0.4, 0.5) is 5.69 Å². The molecule has 3 fully saturated rings. The molecule has 8 nitrogen and oxygen atoms in total. The summed E-state index contributed by atoms with van der Waals surface area (Å²) in [6, 6.07) is 4.94. The molecule has 3 heterocycles. The number of anilines is 1. The van der Waals surface area contributed by atoms with E-state index >= 15 is 0 Å². The van der Waals surface area contributed by atoms with E-state index in [0.29, 0.717) is 32.1 Å². The molecule has 3 saturated heterocycles. The Morgan fingerprint density at radius 3 is 2.54 bits per heavy atom. The Morgan fingerprint density at radius 1 is 1.21 bits per heavy atom. The zero-order valence-electron chi connectivity index (χ0n) is 23.5. The van der Waals surface area contributed by atoms with Gasteiger partial charge in [-0.15, -0.1) is 13.2 Å². The maximum atomic E-state index is 14.6. The smallest absolute Gasteiger partial charge is 0.312 e.